The van der Waals surface area contributed by atoms with Crippen molar-refractivity contribution in [3.05, 3.63) is 28.8 Å². The first-order valence-corrected chi connectivity index (χ1v) is 6.44. The third-order valence-electron chi connectivity index (χ3n) is 3.76. The molecule has 2 unspecified atom stereocenters. The third-order valence-corrected chi connectivity index (χ3v) is 3.76. The van der Waals surface area contributed by atoms with Crippen LogP contribution in [-0.4, -0.2) is 26.0 Å². The van der Waals surface area contributed by atoms with Gasteiger partial charge in [-0.25, -0.2) is 0 Å². The molecule has 3 nitrogen and oxygen atoms in total. The van der Waals surface area contributed by atoms with E-state index in [-0.39, 0.29) is 11.7 Å². The summed E-state index contributed by atoms with van der Waals surface area (Å²) < 4.78 is 5.38. The van der Waals surface area contributed by atoms with Crippen LogP contribution in [0.15, 0.2) is 12.1 Å². The summed E-state index contributed by atoms with van der Waals surface area (Å²) in [7, 11) is 1.63. The minimum atomic E-state index is 0.0697. The number of methoxy groups -OCH3 is 1. The minimum absolute atomic E-state index is 0.0697. The molecule has 0 amide bonds. The van der Waals surface area contributed by atoms with Gasteiger partial charge in [-0.1, -0.05) is 13.0 Å². The lowest BCUT2D eigenvalue weighted by atomic mass is 9.87. The Bertz CT molecular complexity index is 468. The first kappa shape index (κ1) is 13.1. The maximum atomic E-state index is 12.6. The molecule has 2 rings (SSSR count). The largest absolute Gasteiger partial charge is 0.496 e. The van der Waals surface area contributed by atoms with Gasteiger partial charge in [0.2, 0.25) is 0 Å². The zero-order chi connectivity index (χ0) is 13.3. The summed E-state index contributed by atoms with van der Waals surface area (Å²) in [5, 5.41) is 3.28. The lowest BCUT2D eigenvalue weighted by molar-refractivity contribution is 0.0904. The lowest BCUT2D eigenvalue weighted by Gasteiger charge is -2.17. The second kappa shape index (κ2) is 5.11. The van der Waals surface area contributed by atoms with Gasteiger partial charge in [0.05, 0.1) is 12.7 Å². The molecule has 1 aromatic rings. The maximum absolute atomic E-state index is 12.6. The van der Waals surface area contributed by atoms with E-state index in [9.17, 15) is 4.79 Å². The Morgan fingerprint density at radius 2 is 2.06 bits per heavy atom. The minimum Gasteiger partial charge on any atom is -0.496 e. The van der Waals surface area contributed by atoms with Gasteiger partial charge in [-0.15, -0.1) is 0 Å². The number of hydrogen-bond acceptors (Lipinski definition) is 3. The van der Waals surface area contributed by atoms with E-state index in [1.165, 1.54) is 0 Å². The monoisotopic (exact) mass is 247 g/mol. The molecule has 3 heteroatoms. The Kier molecular flexibility index (Phi) is 3.71. The highest BCUT2D eigenvalue weighted by Gasteiger charge is 2.32. The molecule has 1 N–H and O–H groups in total. The summed E-state index contributed by atoms with van der Waals surface area (Å²) in [6, 6.07) is 3.98. The van der Waals surface area contributed by atoms with E-state index in [1.807, 2.05) is 26.0 Å². The number of rotatable bonds is 3. The summed E-state index contributed by atoms with van der Waals surface area (Å²) >= 11 is 0. The Labute approximate surface area is 109 Å². The number of nitrogens with one attached hydrogen (secondary N) is 1. The Balaban J connectivity index is 2.41. The molecule has 0 spiro atoms. The van der Waals surface area contributed by atoms with E-state index in [0.29, 0.717) is 11.7 Å². The number of ketones is 1. The second-order valence-electron chi connectivity index (χ2n) is 5.27. The Morgan fingerprint density at radius 3 is 2.61 bits per heavy atom. The van der Waals surface area contributed by atoms with Crippen LogP contribution in [0, 0.1) is 25.7 Å². The predicted octanol–water partition coefficient (Wildman–Crippen LogP) is 2.35. The molecule has 18 heavy (non-hydrogen) atoms. The number of hydrogen-bond donors (Lipinski definition) is 1. The zero-order valence-electron chi connectivity index (χ0n) is 11.5. The topological polar surface area (TPSA) is 38.3 Å². The quantitative estimate of drug-likeness (QED) is 0.833. The van der Waals surface area contributed by atoms with E-state index in [2.05, 4.69) is 12.2 Å². The van der Waals surface area contributed by atoms with Crippen molar-refractivity contribution in [3.63, 3.8) is 0 Å². The summed E-state index contributed by atoms with van der Waals surface area (Å²) in [5.41, 5.74) is 2.89. The van der Waals surface area contributed by atoms with Gasteiger partial charge in [0.15, 0.2) is 5.78 Å². The van der Waals surface area contributed by atoms with Crippen molar-refractivity contribution in [2.45, 2.75) is 20.8 Å². The van der Waals surface area contributed by atoms with E-state index >= 15 is 0 Å². The first-order valence-electron chi connectivity index (χ1n) is 6.44. The number of ether oxygens (including phenoxy) is 1. The summed E-state index contributed by atoms with van der Waals surface area (Å²) in [4.78, 5) is 12.6. The Morgan fingerprint density at radius 1 is 1.33 bits per heavy atom. The lowest BCUT2D eigenvalue weighted by Crippen LogP contribution is -2.23. The number of carbonyl (C=O) groups excluding carboxylic acids is 1. The van der Waals surface area contributed by atoms with E-state index in [4.69, 9.17) is 4.74 Å². The smallest absolute Gasteiger partial charge is 0.171 e. The predicted molar refractivity (Wildman–Crippen MR) is 72.3 cm³/mol. The SMILES string of the molecule is COc1cc(C)cc(C)c1C(=O)C1CNCC1C. The summed E-state index contributed by atoms with van der Waals surface area (Å²) in [6.45, 7) is 7.82. The number of aryl methyl sites for hydroxylation is 2. The van der Waals surface area contributed by atoms with Gasteiger partial charge in [0.1, 0.15) is 5.75 Å². The molecule has 0 radical (unpaired) electrons. The molecule has 1 aliphatic rings. The molecule has 2 atom stereocenters. The van der Waals surface area contributed by atoms with Crippen LogP contribution in [0.25, 0.3) is 0 Å². The highest BCUT2D eigenvalue weighted by molar-refractivity contribution is 6.02. The van der Waals surface area contributed by atoms with E-state index in [0.717, 1.165) is 29.8 Å². The average Bonchev–Trinajstić information content (AvgIpc) is 2.73. The molecule has 98 valence electrons. The van der Waals surface area contributed by atoms with Gasteiger partial charge in [-0.05, 0) is 43.5 Å². The zero-order valence-corrected chi connectivity index (χ0v) is 11.5. The summed E-state index contributed by atoms with van der Waals surface area (Å²) in [5.74, 6) is 1.38. The fourth-order valence-corrected chi connectivity index (χ4v) is 2.75. The Hall–Kier alpha value is -1.35. The van der Waals surface area contributed by atoms with Crippen LogP contribution < -0.4 is 10.1 Å². The molecule has 0 bridgehead atoms. The normalized spacial score (nSPS) is 23.1. The molecule has 0 aliphatic carbocycles. The molecule has 1 heterocycles. The van der Waals surface area contributed by atoms with Crippen molar-refractivity contribution in [1.29, 1.82) is 0 Å². The average molecular weight is 247 g/mol. The molecule has 0 aromatic heterocycles. The molecule has 1 saturated heterocycles. The number of carbonyl (C=O) groups is 1. The highest BCUT2D eigenvalue weighted by Crippen LogP contribution is 2.30. The molecule has 1 aromatic carbocycles. The second-order valence-corrected chi connectivity index (χ2v) is 5.27. The van der Waals surface area contributed by atoms with Crippen molar-refractivity contribution >= 4 is 5.78 Å². The van der Waals surface area contributed by atoms with Crippen molar-refractivity contribution < 1.29 is 9.53 Å². The standard InChI is InChI=1S/C15H21NO2/c1-9-5-10(2)14(13(6-9)18-4)15(17)12-8-16-7-11(12)3/h5-6,11-12,16H,7-8H2,1-4H3. The van der Waals surface area contributed by atoms with Crippen molar-refractivity contribution in [2.24, 2.45) is 11.8 Å². The molecule has 0 saturated carbocycles. The van der Waals surface area contributed by atoms with Crippen LogP contribution in [-0.2, 0) is 0 Å². The van der Waals surface area contributed by atoms with Crippen LogP contribution in [0.3, 0.4) is 0 Å². The molecule has 1 aliphatic heterocycles. The number of benzene rings is 1. The first-order chi connectivity index (χ1) is 8.54. The van der Waals surface area contributed by atoms with Crippen molar-refractivity contribution in [3.8, 4) is 5.75 Å². The van der Waals surface area contributed by atoms with Crippen LogP contribution in [0.2, 0.25) is 0 Å². The van der Waals surface area contributed by atoms with Gasteiger partial charge < -0.3 is 10.1 Å². The fraction of sp³-hybridized carbons (Fsp3) is 0.533. The van der Waals surface area contributed by atoms with E-state index in [1.54, 1.807) is 7.11 Å². The summed E-state index contributed by atoms with van der Waals surface area (Å²) in [6.07, 6.45) is 0. The van der Waals surface area contributed by atoms with Gasteiger partial charge in [0.25, 0.3) is 0 Å². The van der Waals surface area contributed by atoms with Crippen LogP contribution in [0.4, 0.5) is 0 Å². The van der Waals surface area contributed by atoms with Gasteiger partial charge in [-0.3, -0.25) is 4.79 Å². The van der Waals surface area contributed by atoms with Crippen molar-refractivity contribution in [2.75, 3.05) is 20.2 Å². The van der Waals surface area contributed by atoms with Gasteiger partial charge in [0, 0.05) is 12.5 Å². The van der Waals surface area contributed by atoms with Crippen molar-refractivity contribution in [1.82, 2.24) is 5.32 Å². The molecular formula is C15H21NO2. The molecular weight excluding hydrogens is 226 g/mol. The third kappa shape index (κ3) is 2.27. The van der Waals surface area contributed by atoms with Crippen LogP contribution in [0.1, 0.15) is 28.4 Å². The van der Waals surface area contributed by atoms with Gasteiger partial charge >= 0.3 is 0 Å². The molecule has 1 fully saturated rings. The maximum Gasteiger partial charge on any atom is 0.171 e. The fourth-order valence-electron chi connectivity index (χ4n) is 2.75. The highest BCUT2D eigenvalue weighted by atomic mass is 16.5. The number of Topliss-reactive ketones (excluding diaryl/α,β-unsaturated/α-hetero) is 1. The van der Waals surface area contributed by atoms with Crippen LogP contribution in [0.5, 0.6) is 5.75 Å². The van der Waals surface area contributed by atoms with Crippen LogP contribution >= 0.6 is 0 Å². The van der Waals surface area contributed by atoms with E-state index < -0.39 is 0 Å². The van der Waals surface area contributed by atoms with Gasteiger partial charge in [-0.2, -0.15) is 0 Å².